The second kappa shape index (κ2) is 8.03. The van der Waals surface area contributed by atoms with E-state index in [2.05, 4.69) is 56.4 Å². The van der Waals surface area contributed by atoms with Crippen LogP contribution in [-0.4, -0.2) is 19.3 Å². The molecule has 1 N–H and O–H groups in total. The molecule has 2 aliphatic rings. The molecule has 1 fully saturated rings. The number of amides is 1. The quantitative estimate of drug-likeness (QED) is 0.666. The summed E-state index contributed by atoms with van der Waals surface area (Å²) in [6.45, 7) is 7.62. The van der Waals surface area contributed by atoms with Gasteiger partial charge in [-0.15, -0.1) is 0 Å². The molecule has 29 heavy (non-hydrogen) atoms. The van der Waals surface area contributed by atoms with E-state index < -0.39 is 6.09 Å². The molecule has 4 rings (SSSR count). The highest BCUT2D eigenvalue weighted by atomic mass is 16.6. The van der Waals surface area contributed by atoms with Crippen LogP contribution in [0.5, 0.6) is 0 Å². The average Bonchev–Trinajstić information content (AvgIpc) is 2.73. The summed E-state index contributed by atoms with van der Waals surface area (Å²) in [5.74, 6) is 0.893. The number of rotatable bonds is 4. The Morgan fingerprint density at radius 3 is 2.45 bits per heavy atom. The maximum Gasteiger partial charge on any atom is 0.411 e. The first-order valence-electron chi connectivity index (χ1n) is 10.3. The second-order valence-corrected chi connectivity index (χ2v) is 8.46. The van der Waals surface area contributed by atoms with Crippen LogP contribution < -0.4 is 5.32 Å². The maximum atomic E-state index is 12.4. The maximum absolute atomic E-state index is 12.4. The molecule has 1 aliphatic heterocycles. The summed E-state index contributed by atoms with van der Waals surface area (Å²) in [5.41, 5.74) is 3.09. The van der Waals surface area contributed by atoms with Crippen molar-refractivity contribution in [3.05, 3.63) is 77.9 Å². The predicted molar refractivity (Wildman–Crippen MR) is 115 cm³/mol. The highest BCUT2D eigenvalue weighted by Crippen LogP contribution is 2.56. The number of benzene rings is 2. The van der Waals surface area contributed by atoms with Gasteiger partial charge in [-0.25, -0.2) is 4.79 Å². The highest BCUT2D eigenvalue weighted by molar-refractivity contribution is 5.84. The number of anilines is 1. The number of hydrogen-bond donors (Lipinski definition) is 1. The number of ether oxygens (including phenoxy) is 2. The number of hydrogen-bond acceptors (Lipinski definition) is 3. The van der Waals surface area contributed by atoms with Gasteiger partial charge in [-0.3, -0.25) is 5.32 Å². The van der Waals surface area contributed by atoms with Crippen LogP contribution in [0.25, 0.3) is 0 Å². The van der Waals surface area contributed by atoms with E-state index in [-0.39, 0.29) is 23.4 Å². The van der Waals surface area contributed by atoms with E-state index in [0.717, 1.165) is 5.69 Å². The third kappa shape index (κ3) is 3.69. The van der Waals surface area contributed by atoms with E-state index in [1.807, 2.05) is 36.4 Å². The van der Waals surface area contributed by atoms with E-state index in [9.17, 15) is 4.79 Å². The molecular weight excluding hydrogens is 362 g/mol. The van der Waals surface area contributed by atoms with Gasteiger partial charge in [-0.1, -0.05) is 74.0 Å². The molecular formula is C25H29NO3. The number of carbonyl (C=O) groups excluding carboxylic acids is 1. The molecule has 2 aromatic carbocycles. The van der Waals surface area contributed by atoms with Crippen LogP contribution in [0.2, 0.25) is 0 Å². The van der Waals surface area contributed by atoms with Crippen LogP contribution in [0, 0.1) is 23.2 Å². The van der Waals surface area contributed by atoms with Crippen molar-refractivity contribution in [3.8, 4) is 0 Å². The topological polar surface area (TPSA) is 47.6 Å². The van der Waals surface area contributed by atoms with Gasteiger partial charge in [0.25, 0.3) is 0 Å². The first kappa shape index (κ1) is 19.7. The molecule has 0 aromatic heterocycles. The van der Waals surface area contributed by atoms with Gasteiger partial charge in [-0.05, 0) is 36.5 Å². The lowest BCUT2D eigenvalue weighted by molar-refractivity contribution is -0.165. The van der Waals surface area contributed by atoms with Crippen LogP contribution in [0.15, 0.2) is 72.3 Å². The molecule has 0 radical (unpaired) electrons. The Balaban J connectivity index is 1.52. The van der Waals surface area contributed by atoms with Crippen LogP contribution in [0.4, 0.5) is 10.5 Å². The molecule has 2 bridgehead atoms. The van der Waals surface area contributed by atoms with E-state index in [1.54, 1.807) is 0 Å². The summed E-state index contributed by atoms with van der Waals surface area (Å²) in [6.07, 6.45) is 1.97. The standard InChI is InChI=1S/C25H29NO3/c1-17-14-18(2)25(16-29-24(27)26-21-12-8-5-9-13-21)15-28-23(22(17)19(25)3)20-10-6-4-7-11-20/h4-14,18-19,22-23H,15-16H2,1-3H3,(H,26,27)/t18-,19-,22+,23+,25+/m1/s1. The molecule has 0 saturated carbocycles. The predicted octanol–water partition coefficient (Wildman–Crippen LogP) is 5.84. The zero-order valence-corrected chi connectivity index (χ0v) is 17.3. The Bertz CT molecular complexity index is 879. The summed E-state index contributed by atoms with van der Waals surface area (Å²) in [6, 6.07) is 19.8. The van der Waals surface area contributed by atoms with Crippen LogP contribution in [0.3, 0.4) is 0 Å². The van der Waals surface area contributed by atoms with Crippen LogP contribution in [0.1, 0.15) is 32.4 Å². The van der Waals surface area contributed by atoms with Crippen LogP contribution >= 0.6 is 0 Å². The summed E-state index contributed by atoms with van der Waals surface area (Å²) in [5, 5.41) is 2.81. The Labute approximate surface area is 172 Å². The minimum atomic E-state index is -0.419. The third-order valence-electron chi connectivity index (χ3n) is 6.87. The number of nitrogens with one attached hydrogen (secondary N) is 1. The van der Waals surface area contributed by atoms with Gasteiger partial charge in [0, 0.05) is 17.0 Å². The van der Waals surface area contributed by atoms with Crippen molar-refractivity contribution >= 4 is 11.8 Å². The Hall–Kier alpha value is -2.59. The Kier molecular flexibility index (Phi) is 5.46. The lowest BCUT2D eigenvalue weighted by Gasteiger charge is -2.55. The zero-order chi connectivity index (χ0) is 20.4. The van der Waals surface area contributed by atoms with E-state index in [4.69, 9.17) is 9.47 Å². The number of allylic oxidation sites excluding steroid dienone is 1. The van der Waals surface area contributed by atoms with Crippen molar-refractivity contribution in [2.75, 3.05) is 18.5 Å². The SMILES string of the molecule is CC1=C[C@@H](C)[C@@]2(COC(=O)Nc3ccccc3)CO[C@@H](c3ccccc3)[C@@H]1[C@H]2C. The monoisotopic (exact) mass is 391 g/mol. The molecule has 1 aliphatic carbocycles. The van der Waals surface area contributed by atoms with Gasteiger partial charge in [0.1, 0.15) is 6.61 Å². The van der Waals surface area contributed by atoms with Crippen molar-refractivity contribution in [3.63, 3.8) is 0 Å². The molecule has 152 valence electrons. The number of carbonyl (C=O) groups is 1. The minimum Gasteiger partial charge on any atom is -0.449 e. The van der Waals surface area contributed by atoms with Crippen molar-refractivity contribution in [1.82, 2.24) is 0 Å². The normalized spacial score (nSPS) is 30.9. The van der Waals surface area contributed by atoms with Gasteiger partial charge >= 0.3 is 6.09 Å². The fraction of sp³-hybridized carbons (Fsp3) is 0.400. The number of para-hydroxylation sites is 1. The molecule has 0 spiro atoms. The largest absolute Gasteiger partial charge is 0.449 e. The van der Waals surface area contributed by atoms with Crippen molar-refractivity contribution in [2.24, 2.45) is 23.2 Å². The summed E-state index contributed by atoms with van der Waals surface area (Å²) in [4.78, 5) is 12.4. The van der Waals surface area contributed by atoms with Gasteiger partial charge in [-0.2, -0.15) is 0 Å². The molecule has 4 nitrogen and oxygen atoms in total. The van der Waals surface area contributed by atoms with E-state index in [0.29, 0.717) is 19.1 Å². The summed E-state index contributed by atoms with van der Waals surface area (Å²) < 4.78 is 12.2. The van der Waals surface area contributed by atoms with Crippen molar-refractivity contribution in [1.29, 1.82) is 0 Å². The average molecular weight is 392 g/mol. The van der Waals surface area contributed by atoms with Gasteiger partial charge < -0.3 is 9.47 Å². The summed E-state index contributed by atoms with van der Waals surface area (Å²) >= 11 is 0. The number of fused-ring (bicyclic) bond motifs is 2. The smallest absolute Gasteiger partial charge is 0.411 e. The third-order valence-corrected chi connectivity index (χ3v) is 6.87. The zero-order valence-electron chi connectivity index (χ0n) is 17.3. The lowest BCUT2D eigenvalue weighted by Crippen LogP contribution is -2.54. The molecule has 1 amide bonds. The van der Waals surface area contributed by atoms with Crippen LogP contribution in [-0.2, 0) is 9.47 Å². The van der Waals surface area contributed by atoms with Gasteiger partial charge in [0.15, 0.2) is 0 Å². The molecule has 1 saturated heterocycles. The molecule has 0 unspecified atom stereocenters. The highest BCUT2D eigenvalue weighted by Gasteiger charge is 2.54. The molecule has 5 atom stereocenters. The van der Waals surface area contributed by atoms with E-state index in [1.165, 1.54) is 11.1 Å². The molecule has 4 heteroatoms. The van der Waals surface area contributed by atoms with Gasteiger partial charge in [0.2, 0.25) is 0 Å². The van der Waals surface area contributed by atoms with Crippen molar-refractivity contribution < 1.29 is 14.3 Å². The van der Waals surface area contributed by atoms with Crippen molar-refractivity contribution in [2.45, 2.75) is 26.9 Å². The summed E-state index contributed by atoms with van der Waals surface area (Å²) in [7, 11) is 0. The van der Waals surface area contributed by atoms with E-state index >= 15 is 0 Å². The van der Waals surface area contributed by atoms with Gasteiger partial charge in [0.05, 0.1) is 12.7 Å². The second-order valence-electron chi connectivity index (χ2n) is 8.46. The Morgan fingerprint density at radius 1 is 1.10 bits per heavy atom. The first-order chi connectivity index (χ1) is 14.0. The molecule has 1 heterocycles. The minimum absolute atomic E-state index is 0.0428. The fourth-order valence-electron chi connectivity index (χ4n) is 5.08. The Morgan fingerprint density at radius 2 is 1.76 bits per heavy atom. The molecule has 2 aromatic rings. The fourth-order valence-corrected chi connectivity index (χ4v) is 5.08. The lowest BCUT2D eigenvalue weighted by atomic mass is 9.56. The first-order valence-corrected chi connectivity index (χ1v) is 10.3.